The number of aliphatic carboxylic acids is 1. The Morgan fingerprint density at radius 1 is 1.47 bits per heavy atom. The van der Waals surface area contributed by atoms with Gasteiger partial charge in [0.2, 0.25) is 0 Å². The molecule has 7 nitrogen and oxygen atoms in total. The number of para-hydroxylation sites is 1. The fraction of sp³-hybridized carbons (Fsp3) is 0.364. The van der Waals surface area contributed by atoms with E-state index in [-0.39, 0.29) is 6.54 Å². The summed E-state index contributed by atoms with van der Waals surface area (Å²) in [7, 11) is -3.76. The monoisotopic (exact) mass is 285 g/mol. The van der Waals surface area contributed by atoms with E-state index in [1.54, 1.807) is 12.1 Å². The number of fused-ring (bicyclic) bond motifs is 1. The lowest BCUT2D eigenvalue weighted by Crippen LogP contribution is -2.47. The van der Waals surface area contributed by atoms with E-state index in [0.717, 1.165) is 5.56 Å². The van der Waals surface area contributed by atoms with Crippen LogP contribution in [-0.2, 0) is 21.4 Å². The highest BCUT2D eigenvalue weighted by atomic mass is 32.2. The van der Waals surface area contributed by atoms with Gasteiger partial charge in [-0.2, -0.15) is 13.1 Å². The van der Waals surface area contributed by atoms with Gasteiger partial charge in [-0.1, -0.05) is 18.2 Å². The molecule has 0 radical (unpaired) electrons. The van der Waals surface area contributed by atoms with Crippen molar-refractivity contribution >= 4 is 21.9 Å². The van der Waals surface area contributed by atoms with Crippen molar-refractivity contribution in [1.82, 2.24) is 4.72 Å². The topological polar surface area (TPSA) is 113 Å². The quantitative estimate of drug-likeness (QED) is 0.662. The number of carbonyl (C=O) groups is 1. The number of carboxylic acids is 1. The predicted octanol–water partition coefficient (Wildman–Crippen LogP) is -0.705. The van der Waals surface area contributed by atoms with Crippen molar-refractivity contribution in [2.45, 2.75) is 12.5 Å². The van der Waals surface area contributed by atoms with Crippen LogP contribution < -0.4 is 14.8 Å². The summed E-state index contributed by atoms with van der Waals surface area (Å²) in [5, 5.41) is 8.63. The van der Waals surface area contributed by atoms with E-state index in [0.29, 0.717) is 18.7 Å². The van der Waals surface area contributed by atoms with E-state index < -0.39 is 22.2 Å². The first kappa shape index (κ1) is 13.8. The molecule has 1 atom stereocenters. The predicted molar refractivity (Wildman–Crippen MR) is 70.0 cm³/mol. The van der Waals surface area contributed by atoms with Gasteiger partial charge in [0.05, 0.1) is 5.69 Å². The number of anilines is 1. The number of benzene rings is 1. The Balaban J connectivity index is 2.12. The van der Waals surface area contributed by atoms with E-state index >= 15 is 0 Å². The number of nitrogens with zero attached hydrogens (tertiary/aromatic N) is 1. The van der Waals surface area contributed by atoms with Gasteiger partial charge in [0.1, 0.15) is 6.04 Å². The normalized spacial score (nSPS) is 16.2. The minimum Gasteiger partial charge on any atom is -0.480 e. The maximum atomic E-state index is 12.1. The molecule has 1 aromatic rings. The Hall–Kier alpha value is -1.64. The fourth-order valence-electron chi connectivity index (χ4n) is 1.92. The molecule has 19 heavy (non-hydrogen) atoms. The van der Waals surface area contributed by atoms with Crippen molar-refractivity contribution in [1.29, 1.82) is 0 Å². The van der Waals surface area contributed by atoms with Crippen LogP contribution in [0.2, 0.25) is 0 Å². The van der Waals surface area contributed by atoms with Crippen molar-refractivity contribution in [3.8, 4) is 0 Å². The third-order valence-corrected chi connectivity index (χ3v) is 4.43. The zero-order valence-electron chi connectivity index (χ0n) is 10.1. The molecule has 0 aliphatic carbocycles. The number of carboxylic acid groups (broad SMARTS) is 1. The summed E-state index contributed by atoms with van der Waals surface area (Å²) < 4.78 is 27.6. The van der Waals surface area contributed by atoms with E-state index in [4.69, 9.17) is 10.8 Å². The highest BCUT2D eigenvalue weighted by Crippen LogP contribution is 2.29. The molecule has 8 heteroatoms. The van der Waals surface area contributed by atoms with Crippen LogP contribution in [0, 0.1) is 0 Å². The molecule has 1 aromatic carbocycles. The summed E-state index contributed by atoms with van der Waals surface area (Å²) in [5.74, 6) is -1.25. The molecule has 1 aliphatic heterocycles. The second kappa shape index (κ2) is 5.16. The minimum absolute atomic E-state index is 0.337. The summed E-state index contributed by atoms with van der Waals surface area (Å²) in [5.41, 5.74) is 6.85. The van der Waals surface area contributed by atoms with Gasteiger partial charge in [-0.25, -0.2) is 0 Å². The van der Waals surface area contributed by atoms with Crippen LogP contribution in [0.3, 0.4) is 0 Å². The first-order valence-corrected chi connectivity index (χ1v) is 7.19. The molecule has 0 unspecified atom stereocenters. The standard InChI is InChI=1S/C11H15N3O4S/c12-9(11(15)16)7-13-19(17,18)14-6-5-8-3-1-2-4-10(8)14/h1-4,9,13H,5-7,12H2,(H,15,16)/t9-/m0/s1. The molecule has 1 aliphatic rings. The summed E-state index contributed by atoms with van der Waals surface area (Å²) in [6.45, 7) is 0.00726. The lowest BCUT2D eigenvalue weighted by atomic mass is 10.2. The minimum atomic E-state index is -3.76. The largest absolute Gasteiger partial charge is 0.480 e. The zero-order valence-corrected chi connectivity index (χ0v) is 10.9. The summed E-state index contributed by atoms with van der Waals surface area (Å²) in [6.07, 6.45) is 0.641. The van der Waals surface area contributed by atoms with Gasteiger partial charge in [-0.15, -0.1) is 0 Å². The molecule has 2 rings (SSSR count). The molecule has 0 amide bonds. The van der Waals surface area contributed by atoms with Gasteiger partial charge >= 0.3 is 16.2 Å². The van der Waals surface area contributed by atoms with Crippen molar-refractivity contribution in [3.05, 3.63) is 29.8 Å². The van der Waals surface area contributed by atoms with E-state index in [9.17, 15) is 13.2 Å². The molecular weight excluding hydrogens is 270 g/mol. The SMILES string of the molecule is N[C@@H](CNS(=O)(=O)N1CCc2ccccc21)C(=O)O. The molecule has 0 bridgehead atoms. The zero-order chi connectivity index (χ0) is 14.0. The first-order valence-electron chi connectivity index (χ1n) is 5.75. The third-order valence-electron chi connectivity index (χ3n) is 2.94. The van der Waals surface area contributed by atoms with Gasteiger partial charge in [-0.05, 0) is 18.1 Å². The smallest absolute Gasteiger partial charge is 0.321 e. The van der Waals surface area contributed by atoms with Gasteiger partial charge in [0.15, 0.2) is 0 Å². The number of hydrogen-bond donors (Lipinski definition) is 3. The van der Waals surface area contributed by atoms with Gasteiger partial charge < -0.3 is 10.8 Å². The molecular formula is C11H15N3O4S. The Bertz CT molecular complexity index is 587. The Morgan fingerprint density at radius 3 is 2.84 bits per heavy atom. The molecule has 4 N–H and O–H groups in total. The van der Waals surface area contributed by atoms with E-state index in [1.807, 2.05) is 12.1 Å². The molecule has 0 spiro atoms. The first-order chi connectivity index (χ1) is 8.92. The molecule has 104 valence electrons. The Kier molecular flexibility index (Phi) is 3.74. The second-order valence-corrected chi connectivity index (χ2v) is 5.93. The number of rotatable bonds is 5. The number of nitrogens with two attached hydrogens (primary N) is 1. The summed E-state index contributed by atoms with van der Waals surface area (Å²) in [6, 6.07) is 5.94. The maximum absolute atomic E-state index is 12.1. The van der Waals surface area contributed by atoms with Crippen LogP contribution in [0.15, 0.2) is 24.3 Å². The molecule has 0 aromatic heterocycles. The van der Waals surface area contributed by atoms with Crippen molar-refractivity contribution in [2.75, 3.05) is 17.4 Å². The van der Waals surface area contributed by atoms with Crippen LogP contribution in [0.25, 0.3) is 0 Å². The van der Waals surface area contributed by atoms with Gasteiger partial charge in [-0.3, -0.25) is 9.10 Å². The summed E-state index contributed by atoms with van der Waals surface area (Å²) in [4.78, 5) is 10.6. The highest BCUT2D eigenvalue weighted by Gasteiger charge is 2.29. The van der Waals surface area contributed by atoms with Crippen LogP contribution in [-0.4, -0.2) is 38.6 Å². The molecule has 0 saturated carbocycles. The molecule has 1 heterocycles. The van der Waals surface area contributed by atoms with Crippen LogP contribution >= 0.6 is 0 Å². The average molecular weight is 285 g/mol. The molecule has 0 fully saturated rings. The van der Waals surface area contributed by atoms with Crippen molar-refractivity contribution in [2.24, 2.45) is 5.73 Å². The Morgan fingerprint density at radius 2 is 2.16 bits per heavy atom. The van der Waals surface area contributed by atoms with Crippen LogP contribution in [0.1, 0.15) is 5.56 Å². The van der Waals surface area contributed by atoms with E-state index in [1.165, 1.54) is 4.31 Å². The highest BCUT2D eigenvalue weighted by molar-refractivity contribution is 7.90. The van der Waals surface area contributed by atoms with Crippen molar-refractivity contribution < 1.29 is 18.3 Å². The van der Waals surface area contributed by atoms with Gasteiger partial charge in [0.25, 0.3) is 0 Å². The Labute approximate surface area is 111 Å². The van der Waals surface area contributed by atoms with Gasteiger partial charge in [0, 0.05) is 13.1 Å². The molecule has 0 saturated heterocycles. The third kappa shape index (κ3) is 2.86. The second-order valence-electron chi connectivity index (χ2n) is 4.25. The number of hydrogen-bond acceptors (Lipinski definition) is 4. The van der Waals surface area contributed by atoms with E-state index in [2.05, 4.69) is 4.72 Å². The van der Waals surface area contributed by atoms with Crippen molar-refractivity contribution in [3.63, 3.8) is 0 Å². The lowest BCUT2D eigenvalue weighted by molar-refractivity contribution is -0.138. The number of nitrogens with one attached hydrogen (secondary N) is 1. The van der Waals surface area contributed by atoms with Crippen LogP contribution in [0.5, 0.6) is 0 Å². The lowest BCUT2D eigenvalue weighted by Gasteiger charge is -2.20. The summed E-state index contributed by atoms with van der Waals surface area (Å²) >= 11 is 0. The van der Waals surface area contributed by atoms with Crippen LogP contribution in [0.4, 0.5) is 5.69 Å². The fourth-order valence-corrected chi connectivity index (χ4v) is 3.23. The average Bonchev–Trinajstić information content (AvgIpc) is 2.80. The maximum Gasteiger partial charge on any atom is 0.321 e.